The molecule has 0 bridgehead atoms. The molecule has 0 aromatic heterocycles. The third-order valence-corrected chi connectivity index (χ3v) is 4.90. The van der Waals surface area contributed by atoms with E-state index in [1.165, 1.54) is 0 Å². The Hall–Kier alpha value is -1.92. The Balaban J connectivity index is 1.77. The Bertz CT molecular complexity index is 570. The SMILES string of the molecule is CCC(C)NC(=O)CN1CCN(CC(=O)N(CC)c2ccccc2)CC1. The second-order valence-electron chi connectivity index (χ2n) is 6.90. The summed E-state index contributed by atoms with van der Waals surface area (Å²) in [6, 6.07) is 10.0. The highest BCUT2D eigenvalue weighted by Gasteiger charge is 2.23. The largest absolute Gasteiger partial charge is 0.353 e. The number of carbonyl (C=O) groups excluding carboxylic acids is 2. The summed E-state index contributed by atoms with van der Waals surface area (Å²) in [5.74, 6) is 0.215. The van der Waals surface area contributed by atoms with Crippen molar-refractivity contribution in [3.63, 3.8) is 0 Å². The van der Waals surface area contributed by atoms with Gasteiger partial charge in [0.2, 0.25) is 11.8 Å². The fraction of sp³-hybridized carbons (Fsp3) is 0.600. The van der Waals surface area contributed by atoms with Gasteiger partial charge >= 0.3 is 0 Å². The molecule has 1 heterocycles. The van der Waals surface area contributed by atoms with Gasteiger partial charge in [0.15, 0.2) is 0 Å². The normalized spacial score (nSPS) is 16.9. The number of likely N-dealkylation sites (N-methyl/N-ethyl adjacent to an activating group) is 1. The van der Waals surface area contributed by atoms with Gasteiger partial charge in [-0.15, -0.1) is 0 Å². The molecule has 0 saturated carbocycles. The Labute approximate surface area is 157 Å². The van der Waals surface area contributed by atoms with Gasteiger partial charge < -0.3 is 10.2 Å². The summed E-state index contributed by atoms with van der Waals surface area (Å²) in [6.45, 7) is 10.9. The zero-order chi connectivity index (χ0) is 18.9. The smallest absolute Gasteiger partial charge is 0.241 e. The molecular formula is C20H32N4O2. The lowest BCUT2D eigenvalue weighted by Gasteiger charge is -2.35. The predicted octanol–water partition coefficient (Wildman–Crippen LogP) is 1.57. The van der Waals surface area contributed by atoms with Gasteiger partial charge in [-0.25, -0.2) is 0 Å². The van der Waals surface area contributed by atoms with Crippen LogP contribution in [0, 0.1) is 0 Å². The second-order valence-corrected chi connectivity index (χ2v) is 6.90. The van der Waals surface area contributed by atoms with E-state index in [0.717, 1.165) is 38.3 Å². The van der Waals surface area contributed by atoms with Gasteiger partial charge in [-0.3, -0.25) is 19.4 Å². The molecule has 6 heteroatoms. The lowest BCUT2D eigenvalue weighted by molar-refractivity contribution is -0.124. The van der Waals surface area contributed by atoms with E-state index in [9.17, 15) is 9.59 Å². The number of benzene rings is 1. The van der Waals surface area contributed by atoms with Crippen LogP contribution in [0.1, 0.15) is 27.2 Å². The van der Waals surface area contributed by atoms with E-state index in [4.69, 9.17) is 0 Å². The molecule has 26 heavy (non-hydrogen) atoms. The van der Waals surface area contributed by atoms with E-state index in [1.54, 1.807) is 0 Å². The molecule has 1 atom stereocenters. The van der Waals surface area contributed by atoms with Crippen molar-refractivity contribution < 1.29 is 9.59 Å². The van der Waals surface area contributed by atoms with Crippen LogP contribution in [0.2, 0.25) is 0 Å². The maximum atomic E-state index is 12.7. The number of para-hydroxylation sites is 1. The molecule has 1 aromatic rings. The van der Waals surface area contributed by atoms with E-state index in [1.807, 2.05) is 49.1 Å². The van der Waals surface area contributed by atoms with Crippen molar-refractivity contribution in [3.05, 3.63) is 30.3 Å². The number of anilines is 1. The van der Waals surface area contributed by atoms with Gasteiger partial charge in [0, 0.05) is 44.5 Å². The third-order valence-electron chi connectivity index (χ3n) is 4.90. The van der Waals surface area contributed by atoms with Crippen LogP contribution in [-0.2, 0) is 9.59 Å². The lowest BCUT2D eigenvalue weighted by atomic mass is 10.2. The van der Waals surface area contributed by atoms with Gasteiger partial charge in [0.05, 0.1) is 13.1 Å². The number of piperazine rings is 1. The number of amides is 2. The topological polar surface area (TPSA) is 55.9 Å². The molecule has 0 spiro atoms. The minimum absolute atomic E-state index is 0.0881. The van der Waals surface area contributed by atoms with Crippen molar-refractivity contribution in [1.29, 1.82) is 0 Å². The molecule has 1 aromatic carbocycles. The summed E-state index contributed by atoms with van der Waals surface area (Å²) in [5.41, 5.74) is 0.945. The first-order chi connectivity index (χ1) is 12.5. The first kappa shape index (κ1) is 20.4. The van der Waals surface area contributed by atoms with Crippen LogP contribution < -0.4 is 10.2 Å². The molecule has 1 N–H and O–H groups in total. The monoisotopic (exact) mass is 360 g/mol. The molecule has 2 amide bonds. The van der Waals surface area contributed by atoms with Crippen molar-refractivity contribution in [2.45, 2.75) is 33.2 Å². The van der Waals surface area contributed by atoms with Crippen LogP contribution in [0.15, 0.2) is 30.3 Å². The number of hydrogen-bond donors (Lipinski definition) is 1. The Kier molecular flexibility index (Phi) is 8.06. The summed E-state index contributed by atoms with van der Waals surface area (Å²) in [6.07, 6.45) is 0.941. The second kappa shape index (κ2) is 10.3. The van der Waals surface area contributed by atoms with Gasteiger partial charge in [-0.1, -0.05) is 25.1 Å². The average Bonchev–Trinajstić information content (AvgIpc) is 2.64. The molecule has 1 saturated heterocycles. The maximum absolute atomic E-state index is 12.7. The fourth-order valence-electron chi connectivity index (χ4n) is 3.12. The minimum atomic E-state index is 0.0881. The van der Waals surface area contributed by atoms with Crippen molar-refractivity contribution in [1.82, 2.24) is 15.1 Å². The molecule has 144 valence electrons. The maximum Gasteiger partial charge on any atom is 0.241 e. The van der Waals surface area contributed by atoms with Crippen LogP contribution in [0.25, 0.3) is 0 Å². The fourth-order valence-corrected chi connectivity index (χ4v) is 3.12. The number of rotatable bonds is 8. The van der Waals surface area contributed by atoms with Crippen LogP contribution in [0.4, 0.5) is 5.69 Å². The van der Waals surface area contributed by atoms with E-state index in [2.05, 4.69) is 22.0 Å². The molecule has 1 unspecified atom stereocenters. The molecule has 1 fully saturated rings. The molecule has 0 aliphatic carbocycles. The molecule has 1 aliphatic rings. The van der Waals surface area contributed by atoms with Crippen LogP contribution in [0.3, 0.4) is 0 Å². The number of nitrogens with one attached hydrogen (secondary N) is 1. The lowest BCUT2D eigenvalue weighted by Crippen LogP contribution is -2.52. The highest BCUT2D eigenvalue weighted by atomic mass is 16.2. The van der Waals surface area contributed by atoms with E-state index in [-0.39, 0.29) is 17.9 Å². The van der Waals surface area contributed by atoms with Gasteiger partial charge in [0.1, 0.15) is 0 Å². The number of hydrogen-bond acceptors (Lipinski definition) is 4. The van der Waals surface area contributed by atoms with Crippen LogP contribution in [-0.4, -0.2) is 73.5 Å². The molecule has 2 rings (SSSR count). The first-order valence-corrected chi connectivity index (χ1v) is 9.63. The average molecular weight is 361 g/mol. The summed E-state index contributed by atoms with van der Waals surface area (Å²) < 4.78 is 0. The predicted molar refractivity (Wildman–Crippen MR) is 105 cm³/mol. The van der Waals surface area contributed by atoms with Gasteiger partial charge in [-0.2, -0.15) is 0 Å². The summed E-state index contributed by atoms with van der Waals surface area (Å²) >= 11 is 0. The summed E-state index contributed by atoms with van der Waals surface area (Å²) in [7, 11) is 0. The van der Waals surface area contributed by atoms with Gasteiger partial charge in [0.25, 0.3) is 0 Å². The highest BCUT2D eigenvalue weighted by molar-refractivity contribution is 5.94. The van der Waals surface area contributed by atoms with E-state index < -0.39 is 0 Å². The van der Waals surface area contributed by atoms with E-state index in [0.29, 0.717) is 19.6 Å². The third kappa shape index (κ3) is 6.11. The summed E-state index contributed by atoms with van der Waals surface area (Å²) in [4.78, 5) is 30.8. The summed E-state index contributed by atoms with van der Waals surface area (Å²) in [5, 5.41) is 3.01. The Morgan fingerprint density at radius 1 is 1.04 bits per heavy atom. The standard InChI is InChI=1S/C20H32N4O2/c1-4-17(3)21-19(25)15-22-11-13-23(14-12-22)16-20(26)24(5-2)18-9-7-6-8-10-18/h6-10,17H,4-5,11-16H2,1-3H3,(H,21,25). The van der Waals surface area contributed by atoms with Crippen molar-refractivity contribution in [2.75, 3.05) is 50.7 Å². The van der Waals surface area contributed by atoms with Crippen molar-refractivity contribution in [3.8, 4) is 0 Å². The zero-order valence-corrected chi connectivity index (χ0v) is 16.3. The molecular weight excluding hydrogens is 328 g/mol. The minimum Gasteiger partial charge on any atom is -0.353 e. The number of nitrogens with zero attached hydrogens (tertiary/aromatic N) is 3. The Morgan fingerprint density at radius 3 is 2.15 bits per heavy atom. The Morgan fingerprint density at radius 2 is 1.62 bits per heavy atom. The quantitative estimate of drug-likeness (QED) is 0.765. The van der Waals surface area contributed by atoms with Crippen molar-refractivity contribution in [2.24, 2.45) is 0 Å². The zero-order valence-electron chi connectivity index (χ0n) is 16.3. The van der Waals surface area contributed by atoms with Gasteiger partial charge in [-0.05, 0) is 32.4 Å². The van der Waals surface area contributed by atoms with Crippen LogP contribution in [0.5, 0.6) is 0 Å². The highest BCUT2D eigenvalue weighted by Crippen LogP contribution is 2.14. The number of carbonyl (C=O) groups is 2. The van der Waals surface area contributed by atoms with Crippen molar-refractivity contribution >= 4 is 17.5 Å². The first-order valence-electron chi connectivity index (χ1n) is 9.63. The molecule has 6 nitrogen and oxygen atoms in total. The molecule has 1 aliphatic heterocycles. The van der Waals surface area contributed by atoms with E-state index >= 15 is 0 Å². The molecule has 0 radical (unpaired) electrons. The van der Waals surface area contributed by atoms with Crippen LogP contribution >= 0.6 is 0 Å².